The standard InChI is InChI=1S/C15H17Br2ClO2/c1-19-11-6-10(17)12(7-9(11)16)20-14-8-13(18)15(14)4-2-3-5-15/h6-7,13-14H,2-5,8H2,1H3. The number of hydrogen-bond donors (Lipinski definition) is 0. The molecule has 5 heteroatoms. The van der Waals surface area contributed by atoms with Gasteiger partial charge in [0.15, 0.2) is 0 Å². The first-order valence-electron chi connectivity index (χ1n) is 6.90. The molecular formula is C15H17Br2ClO2. The zero-order valence-electron chi connectivity index (χ0n) is 11.3. The Kier molecular flexibility index (Phi) is 4.27. The zero-order chi connectivity index (χ0) is 14.3. The average molecular weight is 425 g/mol. The van der Waals surface area contributed by atoms with Gasteiger partial charge in [-0.05, 0) is 56.8 Å². The van der Waals surface area contributed by atoms with Crippen molar-refractivity contribution in [2.75, 3.05) is 7.11 Å². The molecule has 2 aliphatic carbocycles. The topological polar surface area (TPSA) is 18.5 Å². The maximum absolute atomic E-state index is 6.47. The Labute approximate surface area is 141 Å². The number of halogens is 3. The van der Waals surface area contributed by atoms with E-state index < -0.39 is 0 Å². The van der Waals surface area contributed by atoms with Gasteiger partial charge in [-0.2, -0.15) is 0 Å². The Morgan fingerprint density at radius 2 is 1.75 bits per heavy atom. The van der Waals surface area contributed by atoms with Gasteiger partial charge in [0.05, 0.1) is 16.1 Å². The minimum Gasteiger partial charge on any atom is -0.496 e. The molecule has 20 heavy (non-hydrogen) atoms. The van der Waals surface area contributed by atoms with Gasteiger partial charge in [-0.15, -0.1) is 11.6 Å². The molecule has 0 aromatic heterocycles. The number of benzene rings is 1. The molecular weight excluding hydrogens is 407 g/mol. The molecule has 110 valence electrons. The lowest BCUT2D eigenvalue weighted by molar-refractivity contribution is -0.0360. The first kappa shape index (κ1) is 15.0. The van der Waals surface area contributed by atoms with Crippen LogP contribution in [0.1, 0.15) is 32.1 Å². The maximum Gasteiger partial charge on any atom is 0.135 e. The van der Waals surface area contributed by atoms with Crippen LogP contribution >= 0.6 is 43.5 Å². The Balaban J connectivity index is 1.80. The predicted octanol–water partition coefficient (Wildman–Crippen LogP) is 5.54. The molecule has 2 fully saturated rings. The van der Waals surface area contributed by atoms with Crippen LogP contribution in [-0.4, -0.2) is 18.6 Å². The number of alkyl halides is 1. The molecule has 1 aromatic carbocycles. The van der Waals surface area contributed by atoms with Crippen LogP contribution in [0.4, 0.5) is 0 Å². The molecule has 1 spiro atoms. The molecule has 2 aliphatic rings. The summed E-state index contributed by atoms with van der Waals surface area (Å²) in [5.74, 6) is 1.65. The quantitative estimate of drug-likeness (QED) is 0.593. The number of rotatable bonds is 3. The molecule has 0 bridgehead atoms. The highest BCUT2D eigenvalue weighted by Crippen LogP contribution is 2.57. The fourth-order valence-electron chi connectivity index (χ4n) is 3.44. The third-order valence-corrected chi connectivity index (χ3v) is 6.55. The van der Waals surface area contributed by atoms with E-state index in [4.69, 9.17) is 21.1 Å². The van der Waals surface area contributed by atoms with Gasteiger partial charge in [0.1, 0.15) is 17.6 Å². The predicted molar refractivity (Wildman–Crippen MR) is 88.0 cm³/mol. The molecule has 0 saturated heterocycles. The van der Waals surface area contributed by atoms with Crippen LogP contribution in [-0.2, 0) is 0 Å². The second kappa shape index (κ2) is 5.69. The fraction of sp³-hybridized carbons (Fsp3) is 0.600. The highest BCUT2D eigenvalue weighted by atomic mass is 79.9. The van der Waals surface area contributed by atoms with Gasteiger partial charge in [0, 0.05) is 17.2 Å². The summed E-state index contributed by atoms with van der Waals surface area (Å²) in [4.78, 5) is 0. The molecule has 0 aliphatic heterocycles. The molecule has 0 heterocycles. The van der Waals surface area contributed by atoms with Crippen LogP contribution in [0, 0.1) is 5.41 Å². The van der Waals surface area contributed by atoms with Crippen molar-refractivity contribution >= 4 is 43.5 Å². The van der Waals surface area contributed by atoms with E-state index in [2.05, 4.69) is 31.9 Å². The van der Waals surface area contributed by atoms with Gasteiger partial charge in [0.2, 0.25) is 0 Å². The van der Waals surface area contributed by atoms with Crippen LogP contribution in [0.25, 0.3) is 0 Å². The summed E-state index contributed by atoms with van der Waals surface area (Å²) in [6.45, 7) is 0. The molecule has 3 rings (SSSR count). The van der Waals surface area contributed by atoms with Crippen molar-refractivity contribution in [1.82, 2.24) is 0 Å². The summed E-state index contributed by atoms with van der Waals surface area (Å²) in [5, 5.41) is 0.274. The number of methoxy groups -OCH3 is 1. The zero-order valence-corrected chi connectivity index (χ0v) is 15.2. The molecule has 1 aromatic rings. The normalized spacial score (nSPS) is 27.4. The second-order valence-electron chi connectivity index (χ2n) is 5.67. The Morgan fingerprint density at radius 3 is 2.35 bits per heavy atom. The van der Waals surface area contributed by atoms with E-state index in [-0.39, 0.29) is 16.9 Å². The van der Waals surface area contributed by atoms with Crippen LogP contribution in [0.5, 0.6) is 11.5 Å². The summed E-state index contributed by atoms with van der Waals surface area (Å²) < 4.78 is 13.4. The lowest BCUT2D eigenvalue weighted by Crippen LogP contribution is -2.55. The second-order valence-corrected chi connectivity index (χ2v) is 7.90. The highest BCUT2D eigenvalue weighted by molar-refractivity contribution is 9.11. The molecule has 0 radical (unpaired) electrons. The molecule has 2 atom stereocenters. The van der Waals surface area contributed by atoms with Crippen molar-refractivity contribution < 1.29 is 9.47 Å². The van der Waals surface area contributed by atoms with Crippen LogP contribution in [0.2, 0.25) is 0 Å². The summed E-state index contributed by atoms with van der Waals surface area (Å²) in [6, 6.07) is 3.89. The summed E-state index contributed by atoms with van der Waals surface area (Å²) in [6.07, 6.45) is 6.12. The summed E-state index contributed by atoms with van der Waals surface area (Å²) >= 11 is 13.5. The van der Waals surface area contributed by atoms with E-state index in [1.165, 1.54) is 25.7 Å². The van der Waals surface area contributed by atoms with E-state index in [9.17, 15) is 0 Å². The maximum atomic E-state index is 6.47. The van der Waals surface area contributed by atoms with Crippen molar-refractivity contribution in [2.45, 2.75) is 43.6 Å². The van der Waals surface area contributed by atoms with Gasteiger partial charge in [-0.25, -0.2) is 0 Å². The van der Waals surface area contributed by atoms with Crippen molar-refractivity contribution in [2.24, 2.45) is 5.41 Å². The summed E-state index contributed by atoms with van der Waals surface area (Å²) in [5.41, 5.74) is 0.202. The third-order valence-electron chi connectivity index (χ3n) is 4.70. The minimum atomic E-state index is 0.202. The van der Waals surface area contributed by atoms with E-state index in [0.29, 0.717) is 0 Å². The SMILES string of the molecule is COc1cc(Br)c(OC2CC(Cl)C23CCCC3)cc1Br. The van der Waals surface area contributed by atoms with E-state index in [1.54, 1.807) is 7.11 Å². The first-order chi connectivity index (χ1) is 9.56. The fourth-order valence-corrected chi connectivity index (χ4v) is 4.86. The number of hydrogen-bond acceptors (Lipinski definition) is 2. The van der Waals surface area contributed by atoms with Crippen LogP contribution in [0.3, 0.4) is 0 Å². The lowest BCUT2D eigenvalue weighted by atomic mass is 9.64. The van der Waals surface area contributed by atoms with Gasteiger partial charge < -0.3 is 9.47 Å². The highest BCUT2D eigenvalue weighted by Gasteiger charge is 2.57. The minimum absolute atomic E-state index is 0.202. The van der Waals surface area contributed by atoms with Crippen molar-refractivity contribution in [3.05, 3.63) is 21.1 Å². The third kappa shape index (κ3) is 2.38. The van der Waals surface area contributed by atoms with Crippen molar-refractivity contribution in [3.8, 4) is 11.5 Å². The Morgan fingerprint density at radius 1 is 1.15 bits per heavy atom. The van der Waals surface area contributed by atoms with Gasteiger partial charge in [0.25, 0.3) is 0 Å². The van der Waals surface area contributed by atoms with E-state index in [1.807, 2.05) is 12.1 Å². The van der Waals surface area contributed by atoms with Crippen LogP contribution in [0.15, 0.2) is 21.1 Å². The van der Waals surface area contributed by atoms with E-state index in [0.717, 1.165) is 26.9 Å². The largest absolute Gasteiger partial charge is 0.496 e. The van der Waals surface area contributed by atoms with Gasteiger partial charge in [-0.1, -0.05) is 12.8 Å². The smallest absolute Gasteiger partial charge is 0.135 e. The summed E-state index contributed by atoms with van der Waals surface area (Å²) in [7, 11) is 1.66. The lowest BCUT2D eigenvalue weighted by Gasteiger charge is -2.51. The van der Waals surface area contributed by atoms with Crippen molar-refractivity contribution in [3.63, 3.8) is 0 Å². The molecule has 2 saturated carbocycles. The Hall–Kier alpha value is 0.0700. The molecule has 0 amide bonds. The molecule has 0 N–H and O–H groups in total. The monoisotopic (exact) mass is 422 g/mol. The van der Waals surface area contributed by atoms with Gasteiger partial charge in [-0.3, -0.25) is 0 Å². The average Bonchev–Trinajstić information content (AvgIpc) is 2.94. The first-order valence-corrected chi connectivity index (χ1v) is 8.93. The van der Waals surface area contributed by atoms with Crippen LogP contribution < -0.4 is 9.47 Å². The Bertz CT molecular complexity index is 515. The van der Waals surface area contributed by atoms with Crippen molar-refractivity contribution in [1.29, 1.82) is 0 Å². The molecule has 2 nitrogen and oxygen atoms in total. The number of ether oxygens (including phenoxy) is 2. The van der Waals surface area contributed by atoms with E-state index >= 15 is 0 Å². The van der Waals surface area contributed by atoms with Gasteiger partial charge >= 0.3 is 0 Å². The molecule has 2 unspecified atom stereocenters.